The lowest BCUT2D eigenvalue weighted by molar-refractivity contribution is -0.119. The first-order chi connectivity index (χ1) is 10.8. The van der Waals surface area contributed by atoms with Crippen LogP contribution in [0.4, 0.5) is 5.69 Å². The highest BCUT2D eigenvalue weighted by molar-refractivity contribution is 7.92. The maximum Gasteiger partial charge on any atom is 0.241 e. The van der Waals surface area contributed by atoms with Crippen LogP contribution in [0.3, 0.4) is 0 Å². The van der Waals surface area contributed by atoms with E-state index >= 15 is 0 Å². The molecule has 1 heterocycles. The Balaban J connectivity index is 2.16. The predicted molar refractivity (Wildman–Crippen MR) is 88.9 cm³/mol. The van der Waals surface area contributed by atoms with Crippen LogP contribution in [0.5, 0.6) is 0 Å². The van der Waals surface area contributed by atoms with Crippen LogP contribution >= 0.6 is 11.6 Å². The molecule has 0 saturated heterocycles. The Morgan fingerprint density at radius 3 is 2.70 bits per heavy atom. The maximum atomic E-state index is 12.1. The third-order valence-electron chi connectivity index (χ3n) is 3.17. The molecular formula is C15H17ClN2O4S. The zero-order valence-electron chi connectivity index (χ0n) is 12.7. The van der Waals surface area contributed by atoms with Crippen molar-refractivity contribution in [1.82, 2.24) is 5.32 Å². The lowest BCUT2D eigenvalue weighted by Gasteiger charge is -2.23. The summed E-state index contributed by atoms with van der Waals surface area (Å²) in [7, 11) is -3.63. The normalized spacial score (nSPS) is 11.3. The van der Waals surface area contributed by atoms with E-state index in [1.54, 1.807) is 31.2 Å². The Hall–Kier alpha value is -1.99. The van der Waals surface area contributed by atoms with Gasteiger partial charge in [-0.15, -0.1) is 0 Å². The third kappa shape index (κ3) is 4.74. The van der Waals surface area contributed by atoms with Crippen molar-refractivity contribution in [2.24, 2.45) is 0 Å². The van der Waals surface area contributed by atoms with Crippen molar-refractivity contribution in [3.63, 3.8) is 0 Å². The van der Waals surface area contributed by atoms with Gasteiger partial charge in [0.1, 0.15) is 12.3 Å². The Labute approximate surface area is 140 Å². The quantitative estimate of drug-likeness (QED) is 0.861. The fourth-order valence-electron chi connectivity index (χ4n) is 2.02. The van der Waals surface area contributed by atoms with E-state index in [0.717, 1.165) is 10.6 Å². The van der Waals surface area contributed by atoms with E-state index in [-0.39, 0.29) is 13.1 Å². The number of benzene rings is 1. The fraction of sp³-hybridized carbons (Fsp3) is 0.267. The van der Waals surface area contributed by atoms with Crippen molar-refractivity contribution >= 4 is 33.2 Å². The molecule has 1 aromatic carbocycles. The molecule has 0 radical (unpaired) electrons. The Morgan fingerprint density at radius 1 is 1.35 bits per heavy atom. The topological polar surface area (TPSA) is 79.6 Å². The predicted octanol–water partition coefficient (Wildman–Crippen LogP) is 2.32. The monoisotopic (exact) mass is 356 g/mol. The standard InChI is InChI=1S/C15H17ClN2O4S/c1-11-5-6-12(16)8-14(11)18(23(2,20)21)10-15(19)17-9-13-4-3-7-22-13/h3-8H,9-10H2,1-2H3,(H,17,19). The molecule has 1 N–H and O–H groups in total. The summed E-state index contributed by atoms with van der Waals surface area (Å²) in [5, 5.41) is 3.02. The van der Waals surface area contributed by atoms with E-state index in [9.17, 15) is 13.2 Å². The van der Waals surface area contributed by atoms with Crippen molar-refractivity contribution in [2.45, 2.75) is 13.5 Å². The van der Waals surface area contributed by atoms with Gasteiger partial charge < -0.3 is 9.73 Å². The van der Waals surface area contributed by atoms with Crippen molar-refractivity contribution in [2.75, 3.05) is 17.1 Å². The Bertz CT molecular complexity index is 788. The second kappa shape index (κ2) is 7.06. The highest BCUT2D eigenvalue weighted by atomic mass is 35.5. The van der Waals surface area contributed by atoms with Gasteiger partial charge in [-0.05, 0) is 36.8 Å². The number of carbonyl (C=O) groups excluding carboxylic acids is 1. The largest absolute Gasteiger partial charge is 0.467 e. The second-order valence-electron chi connectivity index (χ2n) is 5.06. The molecule has 1 amide bonds. The Kier molecular flexibility index (Phi) is 5.33. The molecule has 6 nitrogen and oxygen atoms in total. The van der Waals surface area contributed by atoms with Crippen LogP contribution in [0, 0.1) is 6.92 Å². The summed E-state index contributed by atoms with van der Waals surface area (Å²) >= 11 is 5.94. The number of carbonyl (C=O) groups is 1. The highest BCUT2D eigenvalue weighted by Gasteiger charge is 2.22. The van der Waals surface area contributed by atoms with Crippen LogP contribution in [0.2, 0.25) is 5.02 Å². The molecule has 124 valence electrons. The van der Waals surface area contributed by atoms with Crippen molar-refractivity contribution < 1.29 is 17.6 Å². The van der Waals surface area contributed by atoms with E-state index in [2.05, 4.69) is 5.32 Å². The number of sulfonamides is 1. The zero-order valence-corrected chi connectivity index (χ0v) is 14.3. The summed E-state index contributed by atoms with van der Waals surface area (Å²) in [6.45, 7) is 1.61. The number of hydrogen-bond acceptors (Lipinski definition) is 4. The van der Waals surface area contributed by atoms with Gasteiger partial charge in [0, 0.05) is 5.02 Å². The number of nitrogens with one attached hydrogen (secondary N) is 1. The minimum atomic E-state index is -3.63. The molecule has 1 aromatic heterocycles. The minimum Gasteiger partial charge on any atom is -0.467 e. The van der Waals surface area contributed by atoms with Gasteiger partial charge in [-0.3, -0.25) is 9.10 Å². The summed E-state index contributed by atoms with van der Waals surface area (Å²) in [5.41, 5.74) is 1.09. The molecule has 0 spiro atoms. The third-order valence-corrected chi connectivity index (χ3v) is 4.53. The van der Waals surface area contributed by atoms with Gasteiger partial charge in [0.2, 0.25) is 15.9 Å². The zero-order chi connectivity index (χ0) is 17.0. The first-order valence-corrected chi connectivity index (χ1v) is 9.03. The summed E-state index contributed by atoms with van der Waals surface area (Å²) in [4.78, 5) is 12.1. The second-order valence-corrected chi connectivity index (χ2v) is 7.40. The molecule has 8 heteroatoms. The van der Waals surface area contributed by atoms with Gasteiger partial charge in [0.25, 0.3) is 0 Å². The molecule has 0 unspecified atom stereocenters. The smallest absolute Gasteiger partial charge is 0.241 e. The average Bonchev–Trinajstić information content (AvgIpc) is 2.97. The number of anilines is 1. The van der Waals surface area contributed by atoms with Crippen molar-refractivity contribution in [3.8, 4) is 0 Å². The molecule has 0 saturated carbocycles. The first-order valence-electron chi connectivity index (χ1n) is 6.80. The Morgan fingerprint density at radius 2 is 2.09 bits per heavy atom. The van der Waals surface area contributed by atoms with Crippen LogP contribution in [0.15, 0.2) is 41.0 Å². The van der Waals surface area contributed by atoms with Crippen LogP contribution in [-0.2, 0) is 21.4 Å². The molecule has 0 bridgehead atoms. The van der Waals surface area contributed by atoms with Gasteiger partial charge in [0.05, 0.1) is 24.8 Å². The molecule has 23 heavy (non-hydrogen) atoms. The van der Waals surface area contributed by atoms with Gasteiger partial charge in [-0.1, -0.05) is 17.7 Å². The number of hydrogen-bond donors (Lipinski definition) is 1. The minimum absolute atomic E-state index is 0.192. The number of nitrogens with zero attached hydrogens (tertiary/aromatic N) is 1. The molecule has 0 aliphatic heterocycles. The van der Waals surface area contributed by atoms with Gasteiger partial charge in [-0.25, -0.2) is 8.42 Å². The molecular weight excluding hydrogens is 340 g/mol. The molecule has 0 fully saturated rings. The summed E-state index contributed by atoms with van der Waals surface area (Å²) in [5.74, 6) is 0.148. The highest BCUT2D eigenvalue weighted by Crippen LogP contribution is 2.26. The summed E-state index contributed by atoms with van der Waals surface area (Å²) in [6.07, 6.45) is 2.55. The maximum absolute atomic E-state index is 12.1. The van der Waals surface area contributed by atoms with E-state index in [1.165, 1.54) is 12.3 Å². The molecule has 0 aliphatic rings. The molecule has 0 aliphatic carbocycles. The van der Waals surface area contributed by atoms with Crippen LogP contribution in [0.1, 0.15) is 11.3 Å². The van der Waals surface area contributed by atoms with E-state index in [4.69, 9.17) is 16.0 Å². The molecule has 2 rings (SSSR count). The number of furan rings is 1. The summed E-state index contributed by atoms with van der Waals surface area (Å²) < 4.78 is 30.2. The van der Waals surface area contributed by atoms with Crippen LogP contribution in [0.25, 0.3) is 0 Å². The van der Waals surface area contributed by atoms with Crippen LogP contribution in [-0.4, -0.2) is 27.1 Å². The fourth-order valence-corrected chi connectivity index (χ4v) is 3.09. The first kappa shape index (κ1) is 17.4. The average molecular weight is 357 g/mol. The van der Waals surface area contributed by atoms with E-state index < -0.39 is 15.9 Å². The lowest BCUT2D eigenvalue weighted by Crippen LogP contribution is -2.40. The van der Waals surface area contributed by atoms with E-state index in [1.807, 2.05) is 0 Å². The number of rotatable bonds is 6. The van der Waals surface area contributed by atoms with Gasteiger partial charge >= 0.3 is 0 Å². The van der Waals surface area contributed by atoms with Crippen molar-refractivity contribution in [3.05, 3.63) is 52.9 Å². The molecule has 0 atom stereocenters. The van der Waals surface area contributed by atoms with E-state index in [0.29, 0.717) is 22.0 Å². The SMILES string of the molecule is Cc1ccc(Cl)cc1N(CC(=O)NCc1ccco1)S(C)(=O)=O. The van der Waals surface area contributed by atoms with Gasteiger partial charge in [0.15, 0.2) is 0 Å². The number of halogens is 1. The van der Waals surface area contributed by atoms with Gasteiger partial charge in [-0.2, -0.15) is 0 Å². The lowest BCUT2D eigenvalue weighted by atomic mass is 10.2. The number of amides is 1. The van der Waals surface area contributed by atoms with Crippen LogP contribution < -0.4 is 9.62 Å². The molecule has 2 aromatic rings. The number of aryl methyl sites for hydroxylation is 1. The summed E-state index contributed by atoms with van der Waals surface area (Å²) in [6, 6.07) is 8.32. The van der Waals surface area contributed by atoms with Crippen molar-refractivity contribution in [1.29, 1.82) is 0 Å².